The number of benzene rings is 1. The maximum Gasteiger partial charge on any atom is 0.410 e. The van der Waals surface area contributed by atoms with Gasteiger partial charge in [-0.15, -0.1) is 0 Å². The van der Waals surface area contributed by atoms with Crippen molar-refractivity contribution in [3.05, 3.63) is 35.9 Å². The van der Waals surface area contributed by atoms with Crippen LogP contribution in [-0.2, 0) is 16.1 Å². The molecule has 5 nitrogen and oxygen atoms in total. The van der Waals surface area contributed by atoms with Crippen LogP contribution in [0, 0.1) is 0 Å². The van der Waals surface area contributed by atoms with Gasteiger partial charge in [0.05, 0.1) is 0 Å². The third-order valence-corrected chi connectivity index (χ3v) is 3.62. The van der Waals surface area contributed by atoms with Gasteiger partial charge in [-0.1, -0.05) is 52.9 Å². The van der Waals surface area contributed by atoms with Gasteiger partial charge < -0.3 is 9.64 Å². The maximum atomic E-state index is 11.9. The van der Waals surface area contributed by atoms with Crippen LogP contribution >= 0.6 is 22.6 Å². The van der Waals surface area contributed by atoms with Crippen molar-refractivity contribution in [2.45, 2.75) is 6.61 Å². The van der Waals surface area contributed by atoms with Gasteiger partial charge in [0.15, 0.2) is 0 Å². The molecular formula is C14H17IN2O3. The second-order valence-corrected chi connectivity index (χ2v) is 5.61. The zero-order chi connectivity index (χ0) is 14.4. The number of halogens is 1. The van der Waals surface area contributed by atoms with Gasteiger partial charge in [-0.05, 0) is 5.56 Å². The van der Waals surface area contributed by atoms with Crippen LogP contribution < -0.4 is 0 Å². The first-order valence-corrected chi connectivity index (χ1v) is 8.02. The molecule has 0 atom stereocenters. The number of hydrogen-bond donors (Lipinski definition) is 0. The summed E-state index contributed by atoms with van der Waals surface area (Å²) in [5, 5.41) is 0. The molecule has 6 heteroatoms. The number of ether oxygens (including phenoxy) is 1. The SMILES string of the molecule is O=C1CN(C(=O)OCc2ccccc2)CCN1CCI. The Balaban J connectivity index is 1.81. The predicted octanol–water partition coefficient (Wildman–Crippen LogP) is 1.90. The van der Waals surface area contributed by atoms with Crippen LogP contribution in [0.5, 0.6) is 0 Å². The molecule has 2 rings (SSSR count). The van der Waals surface area contributed by atoms with Gasteiger partial charge in [-0.2, -0.15) is 0 Å². The number of nitrogens with zero attached hydrogens (tertiary/aromatic N) is 2. The number of hydrogen-bond acceptors (Lipinski definition) is 3. The van der Waals surface area contributed by atoms with Crippen molar-refractivity contribution >= 4 is 34.6 Å². The summed E-state index contributed by atoms with van der Waals surface area (Å²) in [6, 6.07) is 9.51. The minimum atomic E-state index is -0.420. The molecule has 1 aromatic carbocycles. The molecule has 0 spiro atoms. The van der Waals surface area contributed by atoms with E-state index < -0.39 is 6.09 Å². The lowest BCUT2D eigenvalue weighted by Crippen LogP contribution is -2.52. The van der Waals surface area contributed by atoms with E-state index in [-0.39, 0.29) is 19.1 Å². The van der Waals surface area contributed by atoms with E-state index in [1.54, 1.807) is 4.90 Å². The van der Waals surface area contributed by atoms with Gasteiger partial charge in [0.25, 0.3) is 0 Å². The smallest absolute Gasteiger partial charge is 0.410 e. The maximum absolute atomic E-state index is 11.9. The Kier molecular flexibility index (Phi) is 5.63. The zero-order valence-corrected chi connectivity index (χ0v) is 13.3. The topological polar surface area (TPSA) is 49.9 Å². The largest absolute Gasteiger partial charge is 0.445 e. The fraction of sp³-hybridized carbons (Fsp3) is 0.429. The van der Waals surface area contributed by atoms with Crippen LogP contribution in [0.4, 0.5) is 4.79 Å². The Morgan fingerprint density at radius 3 is 2.65 bits per heavy atom. The summed E-state index contributed by atoms with van der Waals surface area (Å²) in [6.45, 7) is 2.22. The van der Waals surface area contributed by atoms with E-state index in [2.05, 4.69) is 22.6 Å². The molecule has 1 fully saturated rings. The highest BCUT2D eigenvalue weighted by molar-refractivity contribution is 14.1. The van der Waals surface area contributed by atoms with Crippen molar-refractivity contribution in [3.63, 3.8) is 0 Å². The summed E-state index contributed by atoms with van der Waals surface area (Å²) in [5.74, 6) is -0.00965. The molecule has 0 bridgehead atoms. The van der Waals surface area contributed by atoms with Gasteiger partial charge >= 0.3 is 6.09 Å². The standard InChI is InChI=1S/C14H17IN2O3/c15-6-7-16-8-9-17(10-13(16)18)14(19)20-11-12-4-2-1-3-5-12/h1-5H,6-11H2. The van der Waals surface area contributed by atoms with Gasteiger partial charge in [0.1, 0.15) is 13.2 Å². The van der Waals surface area contributed by atoms with Crippen molar-refractivity contribution in [2.75, 3.05) is 30.6 Å². The molecule has 1 aliphatic rings. The van der Waals surface area contributed by atoms with Gasteiger partial charge in [0.2, 0.25) is 5.91 Å². The molecule has 0 radical (unpaired) electrons. The minimum Gasteiger partial charge on any atom is -0.445 e. The number of rotatable bonds is 4. The fourth-order valence-corrected chi connectivity index (χ4v) is 2.60. The molecular weight excluding hydrogens is 371 g/mol. The lowest BCUT2D eigenvalue weighted by Gasteiger charge is -2.33. The molecule has 1 saturated heterocycles. The Bertz CT molecular complexity index is 467. The number of carbonyl (C=O) groups is 2. The normalized spacial score (nSPS) is 15.3. The quantitative estimate of drug-likeness (QED) is 0.585. The molecule has 0 unspecified atom stereocenters. The highest BCUT2D eigenvalue weighted by atomic mass is 127. The first kappa shape index (κ1) is 15.1. The van der Waals surface area contributed by atoms with Crippen LogP contribution in [-0.4, -0.2) is 52.4 Å². The number of alkyl halides is 1. The molecule has 2 amide bonds. The van der Waals surface area contributed by atoms with Crippen LogP contribution in [0.3, 0.4) is 0 Å². The Morgan fingerprint density at radius 1 is 1.25 bits per heavy atom. The van der Waals surface area contributed by atoms with E-state index >= 15 is 0 Å². The minimum absolute atomic E-state index is 0.00965. The summed E-state index contributed by atoms with van der Waals surface area (Å²) in [7, 11) is 0. The van der Waals surface area contributed by atoms with Crippen molar-refractivity contribution in [3.8, 4) is 0 Å². The van der Waals surface area contributed by atoms with Crippen molar-refractivity contribution < 1.29 is 14.3 Å². The highest BCUT2D eigenvalue weighted by Gasteiger charge is 2.27. The van der Waals surface area contributed by atoms with E-state index in [0.29, 0.717) is 13.1 Å². The van der Waals surface area contributed by atoms with Crippen molar-refractivity contribution in [2.24, 2.45) is 0 Å². The van der Waals surface area contributed by atoms with E-state index in [4.69, 9.17) is 4.74 Å². The van der Waals surface area contributed by atoms with Crippen molar-refractivity contribution in [1.82, 2.24) is 9.80 Å². The third-order valence-electron chi connectivity index (χ3n) is 3.14. The molecule has 20 heavy (non-hydrogen) atoms. The summed E-state index contributed by atoms with van der Waals surface area (Å²) in [5.41, 5.74) is 0.940. The molecule has 1 aromatic rings. The monoisotopic (exact) mass is 388 g/mol. The fourth-order valence-electron chi connectivity index (χ4n) is 2.01. The molecule has 1 heterocycles. The van der Waals surface area contributed by atoms with Gasteiger partial charge in [-0.3, -0.25) is 9.69 Å². The van der Waals surface area contributed by atoms with Crippen LogP contribution in [0.2, 0.25) is 0 Å². The Hall–Kier alpha value is -1.31. The van der Waals surface area contributed by atoms with Crippen molar-refractivity contribution in [1.29, 1.82) is 0 Å². The van der Waals surface area contributed by atoms with E-state index in [9.17, 15) is 9.59 Å². The highest BCUT2D eigenvalue weighted by Crippen LogP contribution is 2.08. The Labute approximate surface area is 132 Å². The zero-order valence-electron chi connectivity index (χ0n) is 11.1. The molecule has 0 aliphatic carbocycles. The van der Waals surface area contributed by atoms with E-state index in [1.807, 2.05) is 30.3 Å². The molecule has 1 aliphatic heterocycles. The Morgan fingerprint density at radius 2 is 2.00 bits per heavy atom. The lowest BCUT2D eigenvalue weighted by atomic mass is 10.2. The summed E-state index contributed by atoms with van der Waals surface area (Å²) in [6.07, 6.45) is -0.420. The second-order valence-electron chi connectivity index (χ2n) is 4.53. The number of amides is 2. The molecule has 0 saturated carbocycles. The number of carbonyl (C=O) groups excluding carboxylic acids is 2. The lowest BCUT2D eigenvalue weighted by molar-refractivity contribution is -0.135. The summed E-state index contributed by atoms with van der Waals surface area (Å²) < 4.78 is 6.13. The summed E-state index contributed by atoms with van der Waals surface area (Å²) >= 11 is 2.24. The van der Waals surface area contributed by atoms with Gasteiger partial charge in [-0.25, -0.2) is 4.79 Å². The second kappa shape index (κ2) is 7.47. The molecule has 0 N–H and O–H groups in total. The first-order chi connectivity index (χ1) is 9.70. The van der Waals surface area contributed by atoms with Crippen LogP contribution in [0.15, 0.2) is 30.3 Å². The van der Waals surface area contributed by atoms with Crippen LogP contribution in [0.25, 0.3) is 0 Å². The predicted molar refractivity (Wildman–Crippen MR) is 83.7 cm³/mol. The van der Waals surface area contributed by atoms with Gasteiger partial charge in [0, 0.05) is 24.1 Å². The average Bonchev–Trinajstić information content (AvgIpc) is 2.48. The van der Waals surface area contributed by atoms with Crippen LogP contribution in [0.1, 0.15) is 5.56 Å². The van der Waals surface area contributed by atoms with E-state index in [1.165, 1.54) is 4.90 Å². The molecule has 0 aromatic heterocycles. The number of piperazine rings is 1. The molecule has 108 valence electrons. The van der Waals surface area contributed by atoms with E-state index in [0.717, 1.165) is 16.5 Å². The third kappa shape index (κ3) is 4.09. The average molecular weight is 388 g/mol. The summed E-state index contributed by atoms with van der Waals surface area (Å²) in [4.78, 5) is 27.0. The first-order valence-electron chi connectivity index (χ1n) is 6.50.